The van der Waals surface area contributed by atoms with Gasteiger partial charge in [0.2, 0.25) is 5.91 Å². The second-order valence-electron chi connectivity index (χ2n) is 11.7. The molecule has 1 aromatic heterocycles. The average molecular weight is 810 g/mol. The van der Waals surface area contributed by atoms with Crippen LogP contribution < -0.4 is 16.6 Å². The number of carbonyl (C=O) groups excluding carboxylic acids is 1. The zero-order valence-corrected chi connectivity index (χ0v) is 32.7. The van der Waals surface area contributed by atoms with E-state index in [0.29, 0.717) is 0 Å². The molecule has 0 aliphatic carbocycles. The smallest absolute Gasteiger partial charge is 0.394 e. The lowest BCUT2D eigenvalue weighted by molar-refractivity contribution is -0.255. The highest BCUT2D eigenvalue weighted by Crippen LogP contribution is 2.61. The van der Waals surface area contributed by atoms with Gasteiger partial charge in [-0.3, -0.25) is 28.2 Å². The molecule has 2 saturated heterocycles. The highest BCUT2D eigenvalue weighted by molar-refractivity contribution is 7.61. The minimum Gasteiger partial charge on any atom is -0.394 e. The van der Waals surface area contributed by atoms with Crippen LogP contribution in [0.2, 0.25) is 0 Å². The van der Waals surface area contributed by atoms with E-state index in [4.69, 9.17) is 9.47 Å². The molecule has 24 heteroatoms. The fourth-order valence-corrected chi connectivity index (χ4v) is 7.28. The van der Waals surface area contributed by atoms with E-state index in [1.807, 2.05) is 4.98 Å². The summed E-state index contributed by atoms with van der Waals surface area (Å²) in [5.74, 6) is -0.735. The normalized spacial score (nSPS) is 29.3. The first-order valence-electron chi connectivity index (χ1n) is 17.1. The third-order valence-corrected chi connectivity index (χ3v) is 10.8. The van der Waals surface area contributed by atoms with Gasteiger partial charge >= 0.3 is 21.3 Å². The van der Waals surface area contributed by atoms with Crippen LogP contribution in [-0.4, -0.2) is 162 Å². The average Bonchev–Trinajstić information content (AvgIpc) is 3.37. The first-order valence-corrected chi connectivity index (χ1v) is 20.1. The van der Waals surface area contributed by atoms with Crippen LogP contribution in [0.4, 0.5) is 0 Å². The standard InChI is InChI=1S/C17H27N3O17P2.2C6H15N/c1-6(22)18-10-11(24)7(4-21)35-16(13(10)26)36-39(31,32)37-38(29,30)33-5-8-12(25)14(27)15(34-8)20-3-2-9(23)19-17(20)28;2*1-4-7(5-2)6-3/h2-3,7-8,10-16,21,24-27H,4-5H2,1H3,(H,18,22)(H,29,30)(H,31,32)(H,19,23,28);2*4-6H2,1-3H3/t7-,8-,10+,11-,12-,13-,14-,15-,16-;;/m1../s1. The predicted molar refractivity (Wildman–Crippen MR) is 187 cm³/mol. The number of rotatable bonds is 16. The van der Waals surface area contributed by atoms with Crippen LogP contribution >= 0.6 is 15.6 Å². The second kappa shape index (κ2) is 23.2. The molecule has 11 atom stereocenters. The Kier molecular flexibility index (Phi) is 21.5. The lowest BCUT2D eigenvalue weighted by Gasteiger charge is -2.42. The van der Waals surface area contributed by atoms with Gasteiger partial charge in [0.25, 0.3) is 5.56 Å². The number of H-pyrrole nitrogens is 1. The largest absolute Gasteiger partial charge is 0.483 e. The Morgan fingerprint density at radius 3 is 1.81 bits per heavy atom. The number of hydrogen-bond donors (Lipinski definition) is 9. The summed E-state index contributed by atoms with van der Waals surface area (Å²) in [6, 6.07) is -0.622. The molecule has 0 aromatic carbocycles. The van der Waals surface area contributed by atoms with Crippen molar-refractivity contribution >= 4 is 21.6 Å². The van der Waals surface area contributed by atoms with Crippen molar-refractivity contribution in [2.45, 2.75) is 104 Å². The Morgan fingerprint density at radius 1 is 0.849 bits per heavy atom. The van der Waals surface area contributed by atoms with Gasteiger partial charge in [0.05, 0.1) is 19.3 Å². The number of carbonyl (C=O) groups is 1. The molecule has 2 fully saturated rings. The lowest BCUT2D eigenvalue weighted by atomic mass is 9.96. The highest BCUT2D eigenvalue weighted by Gasteiger charge is 2.50. The number of hydrogen-bond acceptors (Lipinski definition) is 17. The van der Waals surface area contributed by atoms with Crippen LogP contribution in [-0.2, 0) is 36.8 Å². The van der Waals surface area contributed by atoms with E-state index in [0.717, 1.165) is 23.8 Å². The van der Waals surface area contributed by atoms with Gasteiger partial charge in [0.15, 0.2) is 12.5 Å². The van der Waals surface area contributed by atoms with Gasteiger partial charge in [0.1, 0.15) is 36.6 Å². The van der Waals surface area contributed by atoms with Crippen LogP contribution in [0.3, 0.4) is 0 Å². The van der Waals surface area contributed by atoms with Crippen LogP contribution in [0.25, 0.3) is 0 Å². The molecule has 22 nitrogen and oxygen atoms in total. The second-order valence-corrected chi connectivity index (χ2v) is 14.7. The molecule has 1 aromatic rings. The van der Waals surface area contributed by atoms with Crippen molar-refractivity contribution < 1.29 is 72.1 Å². The number of aliphatic hydroxyl groups excluding tert-OH is 5. The van der Waals surface area contributed by atoms with Crippen molar-refractivity contribution in [2.24, 2.45) is 0 Å². The maximum absolute atomic E-state index is 12.4. The molecule has 2 aliphatic rings. The van der Waals surface area contributed by atoms with Gasteiger partial charge in [-0.25, -0.2) is 13.9 Å². The lowest BCUT2D eigenvalue weighted by Crippen LogP contribution is -2.64. The van der Waals surface area contributed by atoms with E-state index in [-0.39, 0.29) is 0 Å². The predicted octanol–water partition coefficient (Wildman–Crippen LogP) is -1.95. The fraction of sp³-hybridized carbons (Fsp3) is 0.828. The van der Waals surface area contributed by atoms with E-state index in [1.165, 1.54) is 39.3 Å². The number of amides is 1. The van der Waals surface area contributed by atoms with Crippen molar-refractivity contribution in [2.75, 3.05) is 52.5 Å². The Labute approximate surface area is 307 Å². The van der Waals surface area contributed by atoms with Crippen molar-refractivity contribution in [1.82, 2.24) is 24.7 Å². The minimum absolute atomic E-state index is 0.723. The van der Waals surface area contributed by atoms with Crippen molar-refractivity contribution in [3.8, 4) is 0 Å². The molecule has 2 aliphatic heterocycles. The Bertz CT molecular complexity index is 1420. The molecule has 2 unspecified atom stereocenters. The molecule has 9 N–H and O–H groups in total. The Balaban J connectivity index is 0.000000845. The number of phosphoric ester groups is 2. The summed E-state index contributed by atoms with van der Waals surface area (Å²) in [6.45, 7) is 19.4. The van der Waals surface area contributed by atoms with Gasteiger partial charge < -0.3 is 59.9 Å². The molecule has 0 radical (unpaired) electrons. The van der Waals surface area contributed by atoms with Gasteiger partial charge in [-0.2, -0.15) is 4.31 Å². The maximum Gasteiger partial charge on any atom is 0.483 e. The summed E-state index contributed by atoms with van der Waals surface area (Å²) in [5.41, 5.74) is -1.75. The SMILES string of the molecule is CC(=O)N[C@@H]1[C@@H](O)[C@@H](OP(=O)(O)OP(=O)(O)OC[C@H]2O[C@@H](n3ccc(=O)[nH]c3=O)[C@H](O)[C@@H]2O)O[C@H](CO)[C@H]1O.CCN(CC)CC.CCN(CC)CC. The van der Waals surface area contributed by atoms with Gasteiger partial charge in [-0.15, -0.1) is 0 Å². The molecule has 1 amide bonds. The van der Waals surface area contributed by atoms with E-state index >= 15 is 0 Å². The van der Waals surface area contributed by atoms with Gasteiger partial charge in [0, 0.05) is 19.2 Å². The molecular weight excluding hydrogens is 752 g/mol. The zero-order valence-electron chi connectivity index (χ0n) is 31.0. The fourth-order valence-electron chi connectivity index (χ4n) is 5.12. The molecule has 3 heterocycles. The third kappa shape index (κ3) is 15.6. The quantitative estimate of drug-likeness (QED) is 0.0819. The summed E-state index contributed by atoms with van der Waals surface area (Å²) < 4.78 is 48.9. The van der Waals surface area contributed by atoms with Crippen molar-refractivity contribution in [3.63, 3.8) is 0 Å². The van der Waals surface area contributed by atoms with Crippen LogP contribution in [0, 0.1) is 0 Å². The van der Waals surface area contributed by atoms with Gasteiger partial charge in [-0.1, -0.05) is 41.5 Å². The number of phosphoric acid groups is 2. The summed E-state index contributed by atoms with van der Waals surface area (Å²) >= 11 is 0. The first-order chi connectivity index (χ1) is 24.7. The van der Waals surface area contributed by atoms with E-state index < -0.39 is 101 Å². The number of ether oxygens (including phenoxy) is 2. The van der Waals surface area contributed by atoms with E-state index in [2.05, 4.69) is 70.0 Å². The molecular formula is C29H57N5O17P2. The molecule has 3 rings (SSSR count). The number of aromatic amines is 1. The van der Waals surface area contributed by atoms with Crippen molar-refractivity contribution in [3.05, 3.63) is 33.1 Å². The van der Waals surface area contributed by atoms with E-state index in [9.17, 15) is 58.8 Å². The van der Waals surface area contributed by atoms with Crippen LogP contribution in [0.5, 0.6) is 0 Å². The van der Waals surface area contributed by atoms with Crippen molar-refractivity contribution in [1.29, 1.82) is 0 Å². The molecule has 0 spiro atoms. The van der Waals surface area contributed by atoms with Crippen LogP contribution in [0.1, 0.15) is 54.7 Å². The number of aliphatic hydroxyl groups is 5. The number of nitrogens with one attached hydrogen (secondary N) is 2. The summed E-state index contributed by atoms with van der Waals surface area (Å²) in [6.07, 6.45) is -13.1. The summed E-state index contributed by atoms with van der Waals surface area (Å²) in [5, 5.41) is 52.3. The third-order valence-electron chi connectivity index (χ3n) is 8.25. The van der Waals surface area contributed by atoms with Gasteiger partial charge in [-0.05, 0) is 39.3 Å². The minimum atomic E-state index is -5.63. The summed E-state index contributed by atoms with van der Waals surface area (Å²) in [7, 11) is -11.1. The monoisotopic (exact) mass is 809 g/mol. The zero-order chi connectivity index (χ0) is 40.7. The Hall–Kier alpha value is -1.95. The molecule has 0 bridgehead atoms. The molecule has 310 valence electrons. The first kappa shape index (κ1) is 49.1. The number of aromatic nitrogens is 2. The molecule has 0 saturated carbocycles. The Morgan fingerprint density at radius 2 is 1.38 bits per heavy atom. The number of nitrogens with zero attached hydrogens (tertiary/aromatic N) is 3. The van der Waals surface area contributed by atoms with E-state index in [1.54, 1.807) is 0 Å². The highest BCUT2D eigenvalue weighted by atomic mass is 31.3. The summed E-state index contributed by atoms with van der Waals surface area (Å²) in [4.78, 5) is 61.0. The maximum atomic E-state index is 12.4. The van der Waals surface area contributed by atoms with Crippen LogP contribution in [0.15, 0.2) is 21.9 Å². The topological polar surface area (TPSA) is 312 Å². The molecule has 53 heavy (non-hydrogen) atoms.